The van der Waals surface area contributed by atoms with Gasteiger partial charge in [0.2, 0.25) is 11.8 Å². The van der Waals surface area contributed by atoms with Crippen molar-refractivity contribution in [3.8, 4) is 5.75 Å². The van der Waals surface area contributed by atoms with Crippen LogP contribution >= 0.6 is 0 Å². The lowest BCUT2D eigenvalue weighted by atomic mass is 10.1. The fraction of sp³-hybridized carbons (Fsp3) is 0.556. The molecule has 0 saturated heterocycles. The largest absolute Gasteiger partial charge is 0.494 e. The number of carbonyl (C=O) groups is 2. The maximum atomic E-state index is 13.8. The Kier molecular flexibility index (Phi) is 12.8. The van der Waals surface area contributed by atoms with Crippen LogP contribution in [0.4, 0.5) is 0 Å². The van der Waals surface area contributed by atoms with Crippen LogP contribution in [0.15, 0.2) is 54.7 Å². The second-order valence-electron chi connectivity index (χ2n) is 11.8. The summed E-state index contributed by atoms with van der Waals surface area (Å²) in [6.07, 6.45) is 16.4. The molecule has 42 heavy (non-hydrogen) atoms. The number of ether oxygens (including phenoxy) is 1. The molecule has 0 spiro atoms. The zero-order valence-corrected chi connectivity index (χ0v) is 25.9. The number of H-pyrrole nitrogens is 1. The number of fused-ring (bicyclic) bond motifs is 1. The van der Waals surface area contributed by atoms with Gasteiger partial charge >= 0.3 is 0 Å². The van der Waals surface area contributed by atoms with E-state index in [4.69, 9.17) is 4.74 Å². The summed E-state index contributed by atoms with van der Waals surface area (Å²) in [7, 11) is 0. The predicted molar refractivity (Wildman–Crippen MR) is 172 cm³/mol. The molecule has 2 amide bonds. The first-order chi connectivity index (χ1) is 20.6. The molecule has 1 saturated carbocycles. The van der Waals surface area contributed by atoms with Crippen LogP contribution in [0, 0.1) is 0 Å². The van der Waals surface area contributed by atoms with Crippen LogP contribution in [-0.4, -0.2) is 52.3 Å². The van der Waals surface area contributed by atoms with Crippen LogP contribution in [0.5, 0.6) is 5.75 Å². The molecular weight excluding hydrogens is 522 g/mol. The van der Waals surface area contributed by atoms with E-state index in [2.05, 4.69) is 36.3 Å². The van der Waals surface area contributed by atoms with Gasteiger partial charge in [-0.05, 0) is 61.9 Å². The first-order valence-electron chi connectivity index (χ1n) is 16.4. The van der Waals surface area contributed by atoms with Gasteiger partial charge in [-0.2, -0.15) is 0 Å². The van der Waals surface area contributed by atoms with E-state index in [0.717, 1.165) is 48.9 Å². The summed E-state index contributed by atoms with van der Waals surface area (Å²) in [5.74, 6) is 1.00. The zero-order chi connectivity index (χ0) is 29.6. The zero-order valence-electron chi connectivity index (χ0n) is 25.9. The van der Waals surface area contributed by atoms with E-state index in [-0.39, 0.29) is 24.4 Å². The number of hydrogen-bond donors (Lipinski definition) is 1. The highest BCUT2D eigenvalue weighted by Gasteiger charge is 2.34. The maximum absolute atomic E-state index is 13.8. The third-order valence-electron chi connectivity index (χ3n) is 8.39. The van der Waals surface area contributed by atoms with E-state index in [9.17, 15) is 9.59 Å². The van der Waals surface area contributed by atoms with E-state index in [1.54, 1.807) is 0 Å². The second kappa shape index (κ2) is 17.0. The number of carbonyl (C=O) groups excluding carboxylic acids is 2. The van der Waals surface area contributed by atoms with Crippen LogP contribution in [0.2, 0.25) is 0 Å². The van der Waals surface area contributed by atoms with E-state index < -0.39 is 0 Å². The molecule has 0 aliphatic heterocycles. The standard InChI is InChI=1S/C36H51N3O3/c1-3-5-6-7-8-9-10-11-12-17-35(40)39(31-20-21-31)28-36(41)38(27-29-18-22-32(23-19-29)42-4-2)25-24-30-26-37-34-16-14-13-15-33(30)34/h13-16,18-19,22-23,26,31,37H,3-12,17,20-21,24-25,27-28H2,1-2H3. The van der Waals surface area contributed by atoms with Gasteiger partial charge < -0.3 is 19.5 Å². The molecular formula is C36H51N3O3. The van der Waals surface area contributed by atoms with Crippen molar-refractivity contribution >= 4 is 22.7 Å². The molecule has 1 aromatic heterocycles. The van der Waals surface area contributed by atoms with Gasteiger partial charge in [0.05, 0.1) is 6.61 Å². The van der Waals surface area contributed by atoms with Crippen LogP contribution in [0.25, 0.3) is 10.9 Å². The Balaban J connectivity index is 1.34. The van der Waals surface area contributed by atoms with E-state index in [0.29, 0.717) is 26.1 Å². The van der Waals surface area contributed by atoms with Crippen LogP contribution < -0.4 is 4.74 Å². The molecule has 2 aromatic carbocycles. The minimum atomic E-state index is 0.0241. The Morgan fingerprint density at radius 3 is 2.24 bits per heavy atom. The number of nitrogens with one attached hydrogen (secondary N) is 1. The van der Waals surface area contributed by atoms with Crippen molar-refractivity contribution in [2.75, 3.05) is 19.7 Å². The molecule has 228 valence electrons. The summed E-state index contributed by atoms with van der Waals surface area (Å²) < 4.78 is 5.61. The van der Waals surface area contributed by atoms with E-state index >= 15 is 0 Å². The maximum Gasteiger partial charge on any atom is 0.242 e. The number of aromatic amines is 1. The molecule has 0 radical (unpaired) electrons. The van der Waals surface area contributed by atoms with E-state index in [1.165, 1.54) is 55.9 Å². The lowest BCUT2D eigenvalue weighted by molar-refractivity contribution is -0.141. The summed E-state index contributed by atoms with van der Waals surface area (Å²) in [5.41, 5.74) is 3.37. The van der Waals surface area contributed by atoms with Crippen LogP contribution in [0.1, 0.15) is 102 Å². The molecule has 0 atom stereocenters. The highest BCUT2D eigenvalue weighted by atomic mass is 16.5. The quantitative estimate of drug-likeness (QED) is 0.139. The van der Waals surface area contributed by atoms with Gasteiger partial charge in [-0.25, -0.2) is 0 Å². The van der Waals surface area contributed by atoms with Crippen molar-refractivity contribution in [3.05, 3.63) is 65.9 Å². The normalized spacial score (nSPS) is 12.9. The van der Waals surface area contributed by atoms with Crippen molar-refractivity contribution in [2.45, 2.75) is 110 Å². The molecule has 4 rings (SSSR count). The van der Waals surface area contributed by atoms with E-state index in [1.807, 2.05) is 47.1 Å². The van der Waals surface area contributed by atoms with Crippen molar-refractivity contribution in [3.63, 3.8) is 0 Å². The number of amides is 2. The van der Waals surface area contributed by atoms with Crippen molar-refractivity contribution < 1.29 is 14.3 Å². The monoisotopic (exact) mass is 573 g/mol. The third kappa shape index (κ3) is 9.92. The molecule has 1 N–H and O–H groups in total. The SMILES string of the molecule is CCCCCCCCCCCC(=O)N(CC(=O)N(CCc1c[nH]c2ccccc12)Cc1ccc(OCC)cc1)C1CC1. The van der Waals surface area contributed by atoms with Gasteiger partial charge in [0.15, 0.2) is 0 Å². The van der Waals surface area contributed by atoms with Gasteiger partial charge in [0.25, 0.3) is 0 Å². The summed E-state index contributed by atoms with van der Waals surface area (Å²) in [4.78, 5) is 34.2. The summed E-state index contributed by atoms with van der Waals surface area (Å²) in [6, 6.07) is 16.5. The molecule has 0 bridgehead atoms. The predicted octanol–water partition coefficient (Wildman–Crippen LogP) is 8.05. The van der Waals surface area contributed by atoms with Gasteiger partial charge in [-0.15, -0.1) is 0 Å². The highest BCUT2D eigenvalue weighted by Crippen LogP contribution is 2.28. The number of nitrogens with zero attached hydrogens (tertiary/aromatic N) is 2. The Bertz CT molecular complexity index is 1230. The Morgan fingerprint density at radius 2 is 1.55 bits per heavy atom. The molecule has 3 aromatic rings. The smallest absolute Gasteiger partial charge is 0.242 e. The number of aromatic nitrogens is 1. The minimum Gasteiger partial charge on any atom is -0.494 e. The molecule has 6 heteroatoms. The summed E-state index contributed by atoms with van der Waals surface area (Å²) >= 11 is 0. The van der Waals surface area contributed by atoms with Crippen molar-refractivity contribution in [2.24, 2.45) is 0 Å². The topological polar surface area (TPSA) is 65.6 Å². The Hall–Kier alpha value is -3.28. The van der Waals surface area contributed by atoms with Gasteiger partial charge in [0.1, 0.15) is 12.3 Å². The molecule has 1 aliphatic carbocycles. The fourth-order valence-corrected chi connectivity index (χ4v) is 5.75. The average Bonchev–Trinajstić information content (AvgIpc) is 3.77. The molecule has 1 aliphatic rings. The molecule has 1 fully saturated rings. The van der Waals surface area contributed by atoms with Crippen molar-refractivity contribution in [1.82, 2.24) is 14.8 Å². The fourth-order valence-electron chi connectivity index (χ4n) is 5.75. The van der Waals surface area contributed by atoms with Crippen molar-refractivity contribution in [1.29, 1.82) is 0 Å². The van der Waals surface area contributed by atoms with Gasteiger partial charge in [-0.1, -0.05) is 88.6 Å². The molecule has 1 heterocycles. The first-order valence-corrected chi connectivity index (χ1v) is 16.4. The average molecular weight is 574 g/mol. The number of unbranched alkanes of at least 4 members (excludes halogenated alkanes) is 8. The first kappa shape index (κ1) is 31.7. The number of para-hydroxylation sites is 1. The minimum absolute atomic E-state index is 0.0241. The second-order valence-corrected chi connectivity index (χ2v) is 11.8. The number of benzene rings is 2. The van der Waals surface area contributed by atoms with Crippen LogP contribution in [-0.2, 0) is 22.6 Å². The van der Waals surface area contributed by atoms with Gasteiger partial charge in [-0.3, -0.25) is 9.59 Å². The number of hydrogen-bond acceptors (Lipinski definition) is 3. The lowest BCUT2D eigenvalue weighted by Crippen LogP contribution is -2.44. The molecule has 0 unspecified atom stereocenters. The summed E-state index contributed by atoms with van der Waals surface area (Å²) in [5, 5.41) is 1.20. The Morgan fingerprint density at radius 1 is 0.857 bits per heavy atom. The third-order valence-corrected chi connectivity index (χ3v) is 8.39. The van der Waals surface area contributed by atoms with Gasteiger partial charge in [0, 0.05) is 42.7 Å². The highest BCUT2D eigenvalue weighted by molar-refractivity contribution is 5.86. The Labute approximate surface area is 252 Å². The molecule has 6 nitrogen and oxygen atoms in total. The van der Waals surface area contributed by atoms with Crippen LogP contribution in [0.3, 0.4) is 0 Å². The number of rotatable bonds is 20. The summed E-state index contributed by atoms with van der Waals surface area (Å²) in [6.45, 7) is 6.13. The lowest BCUT2D eigenvalue weighted by Gasteiger charge is -2.28.